The number of carbonyl (C=O) groups excluding carboxylic acids is 1. The number of benzene rings is 1. The predicted molar refractivity (Wildman–Crippen MR) is 61.4 cm³/mol. The van der Waals surface area contributed by atoms with Gasteiger partial charge in [0.2, 0.25) is 0 Å². The molecule has 4 nitrogen and oxygen atoms in total. The minimum Gasteiger partial charge on any atom is -0.456 e. The van der Waals surface area contributed by atoms with Gasteiger partial charge in [0.1, 0.15) is 11.4 Å². The van der Waals surface area contributed by atoms with Crippen molar-refractivity contribution < 1.29 is 24.0 Å². The first kappa shape index (κ1) is 13.7. The molecule has 0 saturated heterocycles. The van der Waals surface area contributed by atoms with Gasteiger partial charge in [-0.1, -0.05) is 0 Å². The number of halogens is 1. The Bertz CT molecular complexity index is 426. The Balaban J connectivity index is 3.09. The lowest BCUT2D eigenvalue weighted by atomic mass is 9.77. The molecule has 92 valence electrons. The fourth-order valence-corrected chi connectivity index (χ4v) is 1.27. The summed E-state index contributed by atoms with van der Waals surface area (Å²) in [7, 11) is -1.92. The summed E-state index contributed by atoms with van der Waals surface area (Å²) in [5.74, 6) is -1.37. The fraction of sp³-hybridized carbons (Fsp3) is 0.364. The van der Waals surface area contributed by atoms with Gasteiger partial charge in [-0.25, -0.2) is 9.18 Å². The fourth-order valence-electron chi connectivity index (χ4n) is 1.27. The number of carbonyl (C=O) groups is 1. The third-order valence-electron chi connectivity index (χ3n) is 1.91. The Kier molecular flexibility index (Phi) is 3.90. The lowest BCUT2D eigenvalue weighted by molar-refractivity contribution is 0.00705. The molecule has 0 spiro atoms. The van der Waals surface area contributed by atoms with Crippen molar-refractivity contribution in [2.24, 2.45) is 0 Å². The maximum atomic E-state index is 12.9. The van der Waals surface area contributed by atoms with Gasteiger partial charge in [-0.15, -0.1) is 0 Å². The summed E-state index contributed by atoms with van der Waals surface area (Å²) < 4.78 is 18.0. The van der Waals surface area contributed by atoms with Crippen LogP contribution in [0, 0.1) is 5.82 Å². The van der Waals surface area contributed by atoms with Gasteiger partial charge in [0.05, 0.1) is 5.56 Å². The molecule has 0 aromatic heterocycles. The summed E-state index contributed by atoms with van der Waals surface area (Å²) in [5, 5.41) is 18.1. The summed E-state index contributed by atoms with van der Waals surface area (Å²) in [6, 6.07) is 3.12. The van der Waals surface area contributed by atoms with E-state index in [1.54, 1.807) is 20.8 Å². The number of hydrogen-bond donors (Lipinski definition) is 2. The minimum atomic E-state index is -1.92. The molecular formula is C11H14BFO4. The van der Waals surface area contributed by atoms with E-state index < -0.39 is 24.5 Å². The molecule has 0 aliphatic rings. The number of hydrogen-bond acceptors (Lipinski definition) is 4. The predicted octanol–water partition coefficient (Wildman–Crippen LogP) is 0.461. The first-order valence-electron chi connectivity index (χ1n) is 5.09. The van der Waals surface area contributed by atoms with Crippen LogP contribution in [0.3, 0.4) is 0 Å². The van der Waals surface area contributed by atoms with Crippen LogP contribution in [0.15, 0.2) is 18.2 Å². The molecule has 0 bridgehead atoms. The Morgan fingerprint density at radius 1 is 1.35 bits per heavy atom. The van der Waals surface area contributed by atoms with E-state index in [1.165, 1.54) is 0 Å². The normalized spacial score (nSPS) is 11.2. The molecule has 0 unspecified atom stereocenters. The molecule has 0 radical (unpaired) electrons. The van der Waals surface area contributed by atoms with Crippen molar-refractivity contribution in [1.82, 2.24) is 0 Å². The highest BCUT2D eigenvalue weighted by Gasteiger charge is 2.25. The van der Waals surface area contributed by atoms with E-state index in [4.69, 9.17) is 14.8 Å². The first-order chi connectivity index (χ1) is 7.70. The summed E-state index contributed by atoms with van der Waals surface area (Å²) in [6.07, 6.45) is 0. The first-order valence-corrected chi connectivity index (χ1v) is 5.09. The zero-order valence-electron chi connectivity index (χ0n) is 9.90. The van der Waals surface area contributed by atoms with Crippen molar-refractivity contribution in [3.63, 3.8) is 0 Å². The van der Waals surface area contributed by atoms with Crippen LogP contribution >= 0.6 is 0 Å². The maximum absolute atomic E-state index is 12.9. The highest BCUT2D eigenvalue weighted by molar-refractivity contribution is 6.60. The Hall–Kier alpha value is -1.40. The molecule has 1 aromatic rings. The molecule has 0 atom stereocenters. The molecule has 17 heavy (non-hydrogen) atoms. The van der Waals surface area contributed by atoms with Crippen LogP contribution < -0.4 is 5.46 Å². The average Bonchev–Trinajstić information content (AvgIpc) is 2.14. The number of esters is 1. The Morgan fingerprint density at radius 3 is 2.41 bits per heavy atom. The van der Waals surface area contributed by atoms with E-state index in [-0.39, 0.29) is 11.0 Å². The van der Waals surface area contributed by atoms with Crippen molar-refractivity contribution >= 4 is 18.6 Å². The quantitative estimate of drug-likeness (QED) is 0.582. The molecule has 0 saturated carbocycles. The van der Waals surface area contributed by atoms with Gasteiger partial charge >= 0.3 is 13.1 Å². The molecule has 0 amide bonds. The monoisotopic (exact) mass is 240 g/mol. The molecule has 0 heterocycles. The van der Waals surface area contributed by atoms with Crippen LogP contribution in [0.2, 0.25) is 0 Å². The van der Waals surface area contributed by atoms with E-state index in [0.717, 1.165) is 18.2 Å². The second kappa shape index (κ2) is 4.85. The van der Waals surface area contributed by atoms with E-state index in [2.05, 4.69) is 0 Å². The number of rotatable bonds is 2. The highest BCUT2D eigenvalue weighted by atomic mass is 19.1. The molecule has 1 aromatic carbocycles. The van der Waals surface area contributed by atoms with E-state index in [1.807, 2.05) is 0 Å². The second-order valence-corrected chi connectivity index (χ2v) is 4.61. The lowest BCUT2D eigenvalue weighted by Gasteiger charge is -2.20. The van der Waals surface area contributed by atoms with Gasteiger partial charge < -0.3 is 14.8 Å². The summed E-state index contributed by atoms with van der Waals surface area (Å²) in [4.78, 5) is 11.7. The van der Waals surface area contributed by atoms with Gasteiger partial charge in [-0.05, 0) is 44.4 Å². The van der Waals surface area contributed by atoms with E-state index in [0.29, 0.717) is 0 Å². The largest absolute Gasteiger partial charge is 0.489 e. The van der Waals surface area contributed by atoms with Gasteiger partial charge in [0, 0.05) is 0 Å². The van der Waals surface area contributed by atoms with Gasteiger partial charge in [0.25, 0.3) is 0 Å². The second-order valence-electron chi connectivity index (χ2n) is 4.61. The van der Waals surface area contributed by atoms with Gasteiger partial charge in [-0.3, -0.25) is 0 Å². The Labute approximate surface area is 99.2 Å². The number of ether oxygens (including phenoxy) is 1. The molecule has 0 aliphatic heterocycles. The highest BCUT2D eigenvalue weighted by Crippen LogP contribution is 2.11. The minimum absolute atomic E-state index is 0.0590. The molecular weight excluding hydrogens is 226 g/mol. The lowest BCUT2D eigenvalue weighted by Crippen LogP contribution is -2.37. The average molecular weight is 240 g/mol. The van der Waals surface area contributed by atoms with Crippen molar-refractivity contribution in [3.8, 4) is 0 Å². The Morgan fingerprint density at radius 2 is 1.94 bits per heavy atom. The standard InChI is InChI=1S/C11H14BFO4/c1-11(2,3)17-10(14)8-5-4-7(13)6-9(8)12(15)16/h4-6,15-16H,1-3H3. The van der Waals surface area contributed by atoms with E-state index >= 15 is 0 Å². The third kappa shape index (κ3) is 3.83. The van der Waals surface area contributed by atoms with Crippen LogP contribution in [0.25, 0.3) is 0 Å². The van der Waals surface area contributed by atoms with E-state index in [9.17, 15) is 9.18 Å². The van der Waals surface area contributed by atoms with Crippen molar-refractivity contribution in [2.45, 2.75) is 26.4 Å². The zero-order valence-corrected chi connectivity index (χ0v) is 9.90. The molecule has 2 N–H and O–H groups in total. The SMILES string of the molecule is CC(C)(C)OC(=O)c1ccc(F)cc1B(O)O. The third-order valence-corrected chi connectivity index (χ3v) is 1.91. The van der Waals surface area contributed by atoms with Crippen LogP contribution in [0.1, 0.15) is 31.1 Å². The zero-order chi connectivity index (χ0) is 13.2. The van der Waals surface area contributed by atoms with Crippen molar-refractivity contribution in [1.29, 1.82) is 0 Å². The molecule has 1 rings (SSSR count). The smallest absolute Gasteiger partial charge is 0.456 e. The van der Waals surface area contributed by atoms with Crippen LogP contribution in [-0.4, -0.2) is 28.7 Å². The van der Waals surface area contributed by atoms with Gasteiger partial charge in [0.15, 0.2) is 0 Å². The molecule has 0 aliphatic carbocycles. The van der Waals surface area contributed by atoms with Crippen LogP contribution in [-0.2, 0) is 4.74 Å². The van der Waals surface area contributed by atoms with Crippen LogP contribution in [0.4, 0.5) is 4.39 Å². The van der Waals surface area contributed by atoms with Crippen molar-refractivity contribution in [2.75, 3.05) is 0 Å². The summed E-state index contributed by atoms with van der Waals surface area (Å²) in [5.41, 5.74) is -0.973. The molecule has 0 fully saturated rings. The topological polar surface area (TPSA) is 66.8 Å². The van der Waals surface area contributed by atoms with Crippen LogP contribution in [0.5, 0.6) is 0 Å². The summed E-state index contributed by atoms with van der Waals surface area (Å²) >= 11 is 0. The van der Waals surface area contributed by atoms with Gasteiger partial charge in [-0.2, -0.15) is 0 Å². The molecule has 6 heteroatoms. The summed E-state index contributed by atoms with van der Waals surface area (Å²) in [6.45, 7) is 5.05. The van der Waals surface area contributed by atoms with Crippen molar-refractivity contribution in [3.05, 3.63) is 29.6 Å². The maximum Gasteiger partial charge on any atom is 0.489 e.